The number of hydrogen-bond acceptors (Lipinski definition) is 13. The number of imide groups is 2. The van der Waals surface area contributed by atoms with Crippen LogP contribution >= 0.6 is 0 Å². The smallest absolute Gasteiger partial charge is 0.328 e. The van der Waals surface area contributed by atoms with Crippen LogP contribution in [0.25, 0.3) is 0 Å². The van der Waals surface area contributed by atoms with E-state index in [4.69, 9.17) is 41.2 Å². The molecule has 0 radical (unpaired) electrons. The Morgan fingerprint density at radius 3 is 1.18 bits per heavy atom. The number of carbonyl (C=O) groups is 5. The van der Waals surface area contributed by atoms with Crippen molar-refractivity contribution in [2.45, 2.75) is 6.42 Å². The number of phenols is 2. The number of hydrogen-bond donors (Lipinski definition) is 8. The minimum absolute atomic E-state index is 0.197. The molecule has 4 amide bonds. The molecule has 1 aliphatic carbocycles. The molecule has 1 aromatic carbocycles. The fourth-order valence-electron chi connectivity index (χ4n) is 1.98. The number of urea groups is 1. The van der Waals surface area contributed by atoms with E-state index in [1.165, 1.54) is 0 Å². The number of nitrogens with one attached hydrogen (secondary N) is 2. The molecule has 0 saturated carbocycles. The van der Waals surface area contributed by atoms with E-state index in [0.29, 0.717) is 0 Å². The lowest BCUT2D eigenvalue weighted by Crippen LogP contribution is -2.49. The van der Waals surface area contributed by atoms with Gasteiger partial charge in [-0.15, -0.1) is 0 Å². The minimum atomic E-state index is -1.38. The van der Waals surface area contributed by atoms with Crippen LogP contribution in [0.1, 0.15) is 17.5 Å². The van der Waals surface area contributed by atoms with Gasteiger partial charge >= 0.3 is 6.03 Å². The average molecular weight is 460 g/mol. The molecule has 0 unspecified atom stereocenters. The van der Waals surface area contributed by atoms with Crippen molar-refractivity contribution in [1.29, 1.82) is 10.5 Å². The molecule has 0 atom stereocenters. The summed E-state index contributed by atoms with van der Waals surface area (Å²) in [6, 6.07) is 4.83. The highest BCUT2D eigenvalue weighted by Gasteiger charge is 2.35. The SMILES string of the molecule is N#Cc1c(O)ccc(O)c1C#N.O=C1C(O)=C(O)C(=O)C(O)=C1O.O=C1CC(=O)NC(=O)N1. The van der Waals surface area contributed by atoms with E-state index in [2.05, 4.69) is 0 Å². The number of nitriles is 2. The number of carbonyl (C=O) groups excluding carboxylic acids is 5. The number of aliphatic hydroxyl groups excluding tert-OH is 4. The molecule has 3 rings (SSSR count). The van der Waals surface area contributed by atoms with Gasteiger partial charge in [-0.1, -0.05) is 0 Å². The number of benzene rings is 1. The number of phenolic OH excluding ortho intramolecular Hbond substituents is 2. The maximum Gasteiger partial charge on any atom is 0.328 e. The lowest BCUT2D eigenvalue weighted by atomic mass is 10.1. The van der Waals surface area contributed by atoms with Gasteiger partial charge in [-0.2, -0.15) is 10.5 Å². The number of nitrogens with zero attached hydrogens (tertiary/aromatic N) is 2. The first kappa shape index (κ1) is 25.5. The third kappa shape index (κ3) is 5.96. The first-order chi connectivity index (χ1) is 15.3. The highest BCUT2D eigenvalue weighted by atomic mass is 16.3. The Hall–Kier alpha value is -5.57. The molecule has 0 bridgehead atoms. The molecule has 1 saturated heterocycles. The van der Waals surface area contributed by atoms with Gasteiger partial charge in [0.2, 0.25) is 34.9 Å². The van der Waals surface area contributed by atoms with Gasteiger partial charge in [-0.3, -0.25) is 29.8 Å². The van der Waals surface area contributed by atoms with Crippen LogP contribution in [-0.4, -0.2) is 60.1 Å². The van der Waals surface area contributed by atoms with Crippen molar-refractivity contribution in [2.24, 2.45) is 0 Å². The Morgan fingerprint density at radius 2 is 0.939 bits per heavy atom. The number of barbiturate groups is 1. The molecule has 15 heteroatoms. The predicted molar refractivity (Wildman–Crippen MR) is 100 cm³/mol. The van der Waals surface area contributed by atoms with Crippen LogP contribution in [0.15, 0.2) is 35.2 Å². The summed E-state index contributed by atoms with van der Waals surface area (Å²) in [5, 5.41) is 73.5. The Bertz CT molecular complexity index is 1070. The molecular formula is C18H12N4O11. The van der Waals surface area contributed by atoms with Crippen molar-refractivity contribution in [3.05, 3.63) is 46.3 Å². The zero-order valence-electron chi connectivity index (χ0n) is 16.0. The lowest BCUT2D eigenvalue weighted by Gasteiger charge is -2.09. The quantitative estimate of drug-likeness (QED) is 0.136. The van der Waals surface area contributed by atoms with Crippen LogP contribution in [-0.2, 0) is 19.2 Å². The van der Waals surface area contributed by atoms with Crippen LogP contribution in [0.4, 0.5) is 4.79 Å². The van der Waals surface area contributed by atoms with E-state index in [1.807, 2.05) is 10.6 Å². The summed E-state index contributed by atoms with van der Waals surface area (Å²) in [5.74, 6) is -9.54. The monoisotopic (exact) mass is 460 g/mol. The van der Waals surface area contributed by atoms with Crippen molar-refractivity contribution < 1.29 is 54.6 Å². The molecule has 1 aliphatic heterocycles. The van der Waals surface area contributed by atoms with Gasteiger partial charge in [0.05, 0.1) is 0 Å². The van der Waals surface area contributed by atoms with Crippen LogP contribution in [0.5, 0.6) is 11.5 Å². The molecule has 0 aromatic heterocycles. The normalized spacial score (nSPS) is 15.2. The summed E-state index contributed by atoms with van der Waals surface area (Å²) < 4.78 is 0. The Labute approximate surface area is 182 Å². The highest BCUT2D eigenvalue weighted by molar-refractivity contribution is 6.21. The third-order valence-corrected chi connectivity index (χ3v) is 3.52. The van der Waals surface area contributed by atoms with Gasteiger partial charge in [0.25, 0.3) is 11.6 Å². The van der Waals surface area contributed by atoms with Crippen LogP contribution in [0, 0.1) is 22.7 Å². The lowest BCUT2D eigenvalue weighted by molar-refractivity contribution is -0.129. The second kappa shape index (κ2) is 10.5. The standard InChI is InChI=1S/C8H4N2O2.C6H4O6.C4H4N2O3/c9-3-5-6(4-10)8(12)2-1-7(5)11;7-1-2(8)4(10)6(12)5(11)3(1)9;7-2-1-3(8)6-4(9)5-2/h1-2,11-12H;7-8,11-12H;1H2,(H2,5,6,7,8,9). The molecule has 1 heterocycles. The van der Waals surface area contributed by atoms with E-state index in [9.17, 15) is 24.0 Å². The van der Waals surface area contributed by atoms with Crippen LogP contribution in [0.3, 0.4) is 0 Å². The number of aliphatic hydroxyl groups is 4. The fourth-order valence-corrected chi connectivity index (χ4v) is 1.98. The van der Waals surface area contributed by atoms with Gasteiger partial charge in [0.1, 0.15) is 41.2 Å². The predicted octanol–water partition coefficient (Wildman–Crippen LogP) is -0.623. The van der Waals surface area contributed by atoms with E-state index < -0.39 is 52.4 Å². The molecule has 1 fully saturated rings. The van der Waals surface area contributed by atoms with E-state index in [0.717, 1.165) is 12.1 Å². The number of amides is 4. The van der Waals surface area contributed by atoms with Gasteiger partial charge in [0.15, 0.2) is 0 Å². The first-order valence-electron chi connectivity index (χ1n) is 8.18. The maximum atomic E-state index is 10.6. The molecule has 170 valence electrons. The highest BCUT2D eigenvalue weighted by Crippen LogP contribution is 2.27. The Kier molecular flexibility index (Phi) is 8.07. The molecule has 0 spiro atoms. The van der Waals surface area contributed by atoms with E-state index in [-0.39, 0.29) is 29.0 Å². The topological polar surface area (TPSA) is 278 Å². The zero-order valence-corrected chi connectivity index (χ0v) is 16.0. The average Bonchev–Trinajstić information content (AvgIpc) is 2.76. The van der Waals surface area contributed by atoms with Crippen LogP contribution < -0.4 is 10.6 Å². The summed E-state index contributed by atoms with van der Waals surface area (Å²) in [6.45, 7) is 0. The number of ketones is 2. The van der Waals surface area contributed by atoms with Crippen molar-refractivity contribution in [3.63, 3.8) is 0 Å². The largest absolute Gasteiger partial charge is 0.507 e. The van der Waals surface area contributed by atoms with Crippen molar-refractivity contribution in [3.8, 4) is 23.6 Å². The molecule has 8 N–H and O–H groups in total. The second-order valence-corrected chi connectivity index (χ2v) is 5.73. The van der Waals surface area contributed by atoms with Gasteiger partial charge in [-0.25, -0.2) is 4.79 Å². The number of rotatable bonds is 0. The van der Waals surface area contributed by atoms with E-state index in [1.54, 1.807) is 12.1 Å². The molecular weight excluding hydrogens is 448 g/mol. The van der Waals surface area contributed by atoms with Crippen molar-refractivity contribution >= 4 is 29.4 Å². The molecule has 1 aromatic rings. The molecule has 2 aliphatic rings. The van der Waals surface area contributed by atoms with Gasteiger partial charge in [-0.05, 0) is 12.1 Å². The van der Waals surface area contributed by atoms with Gasteiger partial charge < -0.3 is 30.6 Å². The van der Waals surface area contributed by atoms with Crippen molar-refractivity contribution in [1.82, 2.24) is 10.6 Å². The summed E-state index contributed by atoms with van der Waals surface area (Å²) in [7, 11) is 0. The fraction of sp³-hybridized carbons (Fsp3) is 0.0556. The summed E-state index contributed by atoms with van der Waals surface area (Å²) in [4.78, 5) is 52.0. The maximum absolute atomic E-state index is 10.6. The third-order valence-electron chi connectivity index (χ3n) is 3.52. The minimum Gasteiger partial charge on any atom is -0.507 e. The number of aromatic hydroxyl groups is 2. The van der Waals surface area contributed by atoms with Crippen LogP contribution in [0.2, 0.25) is 0 Å². The Balaban J connectivity index is 0.000000250. The van der Waals surface area contributed by atoms with Gasteiger partial charge in [0, 0.05) is 0 Å². The summed E-state index contributed by atoms with van der Waals surface area (Å²) in [6.07, 6.45) is -0.258. The van der Waals surface area contributed by atoms with Crippen molar-refractivity contribution in [2.75, 3.05) is 0 Å². The molecule has 33 heavy (non-hydrogen) atoms. The molecule has 15 nitrogen and oxygen atoms in total. The summed E-state index contributed by atoms with van der Waals surface area (Å²) >= 11 is 0. The number of Topliss-reactive ketones (excluding diaryl/α,β-unsaturated/α-hetero) is 2. The second-order valence-electron chi connectivity index (χ2n) is 5.73. The summed E-state index contributed by atoms with van der Waals surface area (Å²) in [5.41, 5.74) is -0.394. The Morgan fingerprint density at radius 1 is 0.636 bits per heavy atom. The zero-order chi connectivity index (χ0) is 25.5. The first-order valence-corrected chi connectivity index (χ1v) is 8.18. The van der Waals surface area contributed by atoms with E-state index >= 15 is 0 Å².